The van der Waals surface area contributed by atoms with Crippen LogP contribution >= 0.6 is 0 Å². The van der Waals surface area contributed by atoms with Crippen LogP contribution < -0.4 is 14.2 Å². The summed E-state index contributed by atoms with van der Waals surface area (Å²) in [6.07, 6.45) is 1.94. The minimum atomic E-state index is -0.159. The Labute approximate surface area is 109 Å². The molecule has 0 aliphatic carbocycles. The molecule has 1 aromatic carbocycles. The maximum atomic E-state index is 9.60. The van der Waals surface area contributed by atoms with Crippen LogP contribution in [0.4, 0.5) is 0 Å². The molecule has 0 radical (unpaired) electrons. The largest absolute Gasteiger partial charge is 0.491 e. The minimum Gasteiger partial charge on any atom is -0.491 e. The van der Waals surface area contributed by atoms with Gasteiger partial charge in [0.2, 0.25) is 6.79 Å². The van der Waals surface area contributed by atoms with Gasteiger partial charge >= 0.3 is 0 Å². The highest BCUT2D eigenvalue weighted by atomic mass is 16.7. The lowest BCUT2D eigenvalue weighted by molar-refractivity contribution is 0.174. The number of fused-ring (bicyclic) bond motifs is 1. The van der Waals surface area contributed by atoms with Crippen LogP contribution in [0.25, 0.3) is 0 Å². The van der Waals surface area contributed by atoms with E-state index in [-0.39, 0.29) is 18.4 Å². The van der Waals surface area contributed by atoms with Crippen molar-refractivity contribution in [3.05, 3.63) is 35.8 Å². The molecule has 0 fully saturated rings. The van der Waals surface area contributed by atoms with Crippen molar-refractivity contribution in [3.8, 4) is 23.1 Å². The lowest BCUT2D eigenvalue weighted by atomic mass is 10.1. The fourth-order valence-electron chi connectivity index (χ4n) is 1.86. The number of hydrogen-bond donors (Lipinski definition) is 1. The normalized spacial score (nSPS) is 12.5. The van der Waals surface area contributed by atoms with Crippen LogP contribution in [0.1, 0.15) is 11.4 Å². The van der Waals surface area contributed by atoms with E-state index in [9.17, 15) is 5.11 Å². The first-order chi connectivity index (χ1) is 9.26. The van der Waals surface area contributed by atoms with E-state index in [0.29, 0.717) is 12.2 Å². The molecule has 0 unspecified atom stereocenters. The third-order valence-corrected chi connectivity index (χ3v) is 2.81. The highest BCUT2D eigenvalue weighted by molar-refractivity contribution is 5.45. The van der Waals surface area contributed by atoms with E-state index in [2.05, 4.69) is 9.97 Å². The molecule has 98 valence electrons. The molecular formula is C13H12N2O4. The quantitative estimate of drug-likeness (QED) is 0.901. The number of aromatic hydroxyl groups is 1. The molecule has 0 saturated carbocycles. The second-order valence-corrected chi connectivity index (χ2v) is 4.04. The SMILES string of the molecule is COc1cnc(Cc2ccc3c(c2)OCO3)nc1O. The fraction of sp³-hybridized carbons (Fsp3) is 0.231. The van der Waals surface area contributed by atoms with E-state index in [1.54, 1.807) is 0 Å². The lowest BCUT2D eigenvalue weighted by Crippen LogP contribution is -1.98. The van der Waals surface area contributed by atoms with Crippen LogP contribution in [0.5, 0.6) is 23.1 Å². The molecular weight excluding hydrogens is 248 g/mol. The van der Waals surface area contributed by atoms with Gasteiger partial charge in [0.25, 0.3) is 5.88 Å². The van der Waals surface area contributed by atoms with Gasteiger partial charge in [-0.3, -0.25) is 0 Å². The Morgan fingerprint density at radius 1 is 1.32 bits per heavy atom. The summed E-state index contributed by atoms with van der Waals surface area (Å²) in [4.78, 5) is 8.11. The number of methoxy groups -OCH3 is 1. The zero-order chi connectivity index (χ0) is 13.2. The third kappa shape index (κ3) is 2.24. The molecule has 0 amide bonds. The first-order valence-electron chi connectivity index (χ1n) is 5.73. The van der Waals surface area contributed by atoms with E-state index in [4.69, 9.17) is 14.2 Å². The van der Waals surface area contributed by atoms with Gasteiger partial charge in [0.1, 0.15) is 5.82 Å². The Kier molecular flexibility index (Phi) is 2.83. The van der Waals surface area contributed by atoms with Crippen LogP contribution in [-0.2, 0) is 6.42 Å². The smallest absolute Gasteiger partial charge is 0.257 e. The number of ether oxygens (including phenoxy) is 3. The van der Waals surface area contributed by atoms with E-state index < -0.39 is 0 Å². The van der Waals surface area contributed by atoms with E-state index in [1.165, 1.54) is 13.3 Å². The molecule has 0 spiro atoms. The van der Waals surface area contributed by atoms with Crippen molar-refractivity contribution in [3.63, 3.8) is 0 Å². The van der Waals surface area contributed by atoms with E-state index in [0.717, 1.165) is 17.1 Å². The molecule has 1 aliphatic rings. The second-order valence-electron chi connectivity index (χ2n) is 4.04. The predicted molar refractivity (Wildman–Crippen MR) is 65.6 cm³/mol. The van der Waals surface area contributed by atoms with E-state index >= 15 is 0 Å². The molecule has 3 rings (SSSR count). The van der Waals surface area contributed by atoms with Crippen molar-refractivity contribution in [2.24, 2.45) is 0 Å². The highest BCUT2D eigenvalue weighted by Gasteiger charge is 2.14. The van der Waals surface area contributed by atoms with Gasteiger partial charge < -0.3 is 19.3 Å². The van der Waals surface area contributed by atoms with Crippen LogP contribution in [0.2, 0.25) is 0 Å². The number of benzene rings is 1. The Morgan fingerprint density at radius 3 is 2.95 bits per heavy atom. The molecule has 0 bridgehead atoms. The van der Waals surface area contributed by atoms with Crippen LogP contribution in [0.15, 0.2) is 24.4 Å². The fourth-order valence-corrected chi connectivity index (χ4v) is 1.86. The molecule has 1 aromatic heterocycles. The topological polar surface area (TPSA) is 73.7 Å². The lowest BCUT2D eigenvalue weighted by Gasteiger charge is -2.05. The van der Waals surface area contributed by atoms with Gasteiger partial charge in [0.05, 0.1) is 13.3 Å². The summed E-state index contributed by atoms with van der Waals surface area (Å²) in [5.74, 6) is 2.07. The zero-order valence-electron chi connectivity index (χ0n) is 10.3. The summed E-state index contributed by atoms with van der Waals surface area (Å²) >= 11 is 0. The Hall–Kier alpha value is -2.50. The molecule has 1 N–H and O–H groups in total. The number of aromatic nitrogens is 2. The summed E-state index contributed by atoms with van der Waals surface area (Å²) < 4.78 is 15.4. The molecule has 19 heavy (non-hydrogen) atoms. The van der Waals surface area contributed by atoms with Crippen molar-refractivity contribution >= 4 is 0 Å². The number of hydrogen-bond acceptors (Lipinski definition) is 6. The second kappa shape index (κ2) is 4.64. The van der Waals surface area contributed by atoms with Crippen LogP contribution in [0, 0.1) is 0 Å². The van der Waals surface area contributed by atoms with Crippen molar-refractivity contribution in [1.29, 1.82) is 0 Å². The zero-order valence-corrected chi connectivity index (χ0v) is 10.3. The molecule has 6 heteroatoms. The van der Waals surface area contributed by atoms with Gasteiger partial charge in [-0.2, -0.15) is 4.98 Å². The predicted octanol–water partition coefficient (Wildman–Crippen LogP) is 1.51. The van der Waals surface area contributed by atoms with Gasteiger partial charge in [-0.25, -0.2) is 4.98 Å². The van der Waals surface area contributed by atoms with Crippen molar-refractivity contribution in [2.45, 2.75) is 6.42 Å². The summed E-state index contributed by atoms with van der Waals surface area (Å²) in [5, 5.41) is 9.60. The molecule has 0 saturated heterocycles. The van der Waals surface area contributed by atoms with Gasteiger partial charge in [0.15, 0.2) is 17.2 Å². The van der Waals surface area contributed by atoms with Gasteiger partial charge in [0, 0.05) is 6.42 Å². The van der Waals surface area contributed by atoms with Gasteiger partial charge in [-0.1, -0.05) is 6.07 Å². The van der Waals surface area contributed by atoms with Crippen molar-refractivity contribution < 1.29 is 19.3 Å². The molecule has 2 heterocycles. The summed E-state index contributed by atoms with van der Waals surface area (Å²) in [6.45, 7) is 0.249. The van der Waals surface area contributed by atoms with Crippen LogP contribution in [0.3, 0.4) is 0 Å². The molecule has 1 aliphatic heterocycles. The maximum absolute atomic E-state index is 9.60. The molecule has 6 nitrogen and oxygen atoms in total. The van der Waals surface area contributed by atoms with Gasteiger partial charge in [-0.15, -0.1) is 0 Å². The van der Waals surface area contributed by atoms with Crippen molar-refractivity contribution in [2.75, 3.05) is 13.9 Å². The molecule has 0 atom stereocenters. The third-order valence-electron chi connectivity index (χ3n) is 2.81. The van der Waals surface area contributed by atoms with Crippen molar-refractivity contribution in [1.82, 2.24) is 9.97 Å². The monoisotopic (exact) mass is 260 g/mol. The average Bonchev–Trinajstić information content (AvgIpc) is 2.86. The standard InChI is InChI=1S/C13H12N2O4/c1-17-11-6-14-12(15-13(11)16)5-8-2-3-9-10(4-8)19-7-18-9/h2-4,6H,5,7H2,1H3,(H,14,15,16). The first kappa shape index (κ1) is 11.6. The Morgan fingerprint density at radius 2 is 2.16 bits per heavy atom. The summed E-state index contributed by atoms with van der Waals surface area (Å²) in [6, 6.07) is 5.65. The van der Waals surface area contributed by atoms with Crippen LogP contribution in [-0.4, -0.2) is 29.0 Å². The first-order valence-corrected chi connectivity index (χ1v) is 5.73. The number of rotatable bonds is 3. The summed E-state index contributed by atoms with van der Waals surface area (Å²) in [5.41, 5.74) is 0.980. The molecule has 2 aromatic rings. The highest BCUT2D eigenvalue weighted by Crippen LogP contribution is 2.33. The Balaban J connectivity index is 1.83. The maximum Gasteiger partial charge on any atom is 0.257 e. The average molecular weight is 260 g/mol. The summed E-state index contributed by atoms with van der Waals surface area (Å²) in [7, 11) is 1.45. The van der Waals surface area contributed by atoms with E-state index in [1.807, 2.05) is 18.2 Å². The minimum absolute atomic E-state index is 0.159. The Bertz CT molecular complexity index is 616. The number of nitrogens with zero attached hydrogens (tertiary/aromatic N) is 2. The van der Waals surface area contributed by atoms with Gasteiger partial charge in [-0.05, 0) is 17.7 Å².